The fraction of sp³-hybridized carbons (Fsp3) is 0.143. The second-order valence-electron chi connectivity index (χ2n) is 5.21. The quantitative estimate of drug-likeness (QED) is 0.621. The Labute approximate surface area is 152 Å². The Kier molecular flexibility index (Phi) is 5.69. The number of methoxy groups -OCH3 is 1. The summed E-state index contributed by atoms with van der Waals surface area (Å²) < 4.78 is 16.8. The minimum Gasteiger partial charge on any atom is -0.496 e. The Morgan fingerprint density at radius 3 is 2.58 bits per heavy atom. The number of rotatable bonds is 6. The van der Waals surface area contributed by atoms with Crippen molar-refractivity contribution >= 4 is 0 Å². The first-order valence-corrected chi connectivity index (χ1v) is 8.06. The molecule has 1 aromatic carbocycles. The van der Waals surface area contributed by atoms with Crippen LogP contribution in [0.25, 0.3) is 11.1 Å². The molecule has 0 aliphatic rings. The molecule has 0 aliphatic carbocycles. The zero-order valence-electron chi connectivity index (χ0n) is 14.6. The largest absolute Gasteiger partial charge is 0.496 e. The predicted molar refractivity (Wildman–Crippen MR) is 99.5 cm³/mol. The van der Waals surface area contributed by atoms with Gasteiger partial charge in [-0.25, -0.2) is 9.97 Å². The molecule has 130 valence electrons. The molecule has 5 heteroatoms. The van der Waals surface area contributed by atoms with E-state index in [1.165, 1.54) is 0 Å². The zero-order chi connectivity index (χ0) is 18.2. The van der Waals surface area contributed by atoms with E-state index >= 15 is 0 Å². The van der Waals surface area contributed by atoms with E-state index in [-0.39, 0.29) is 0 Å². The molecule has 2 heterocycles. The molecule has 0 N–H and O–H groups in total. The molecule has 0 bridgehead atoms. The smallest absolute Gasteiger partial charge is 0.227 e. The highest BCUT2D eigenvalue weighted by Gasteiger charge is 2.12. The summed E-state index contributed by atoms with van der Waals surface area (Å²) in [4.78, 5) is 8.57. The molecule has 0 saturated carbocycles. The molecule has 0 amide bonds. The lowest BCUT2D eigenvalue weighted by Gasteiger charge is -2.12. The molecule has 0 unspecified atom stereocenters. The van der Waals surface area contributed by atoms with Gasteiger partial charge in [-0.05, 0) is 31.2 Å². The number of hydrogen-bond donors (Lipinski definition) is 0. The maximum Gasteiger partial charge on any atom is 0.227 e. The van der Waals surface area contributed by atoms with Gasteiger partial charge in [0.2, 0.25) is 11.8 Å². The van der Waals surface area contributed by atoms with Gasteiger partial charge < -0.3 is 14.2 Å². The molecule has 5 nitrogen and oxygen atoms in total. The third-order valence-corrected chi connectivity index (χ3v) is 3.56. The fourth-order valence-corrected chi connectivity index (χ4v) is 2.35. The van der Waals surface area contributed by atoms with E-state index in [0.717, 1.165) is 16.9 Å². The highest BCUT2D eigenvalue weighted by molar-refractivity contribution is 5.74. The second-order valence-corrected chi connectivity index (χ2v) is 5.21. The van der Waals surface area contributed by atoms with Crippen LogP contribution in [0.2, 0.25) is 0 Å². The van der Waals surface area contributed by atoms with Crippen molar-refractivity contribution in [1.29, 1.82) is 0 Å². The van der Waals surface area contributed by atoms with Gasteiger partial charge in [0, 0.05) is 23.4 Å². The summed E-state index contributed by atoms with van der Waals surface area (Å²) in [6, 6.07) is 15.0. The van der Waals surface area contributed by atoms with Gasteiger partial charge in [0.15, 0.2) is 6.61 Å². The van der Waals surface area contributed by atoms with Crippen molar-refractivity contribution in [3.05, 3.63) is 60.9 Å². The van der Waals surface area contributed by atoms with Crippen LogP contribution in [0.1, 0.15) is 6.92 Å². The van der Waals surface area contributed by atoms with Crippen LogP contribution in [0.4, 0.5) is 0 Å². The van der Waals surface area contributed by atoms with Crippen molar-refractivity contribution < 1.29 is 14.2 Å². The zero-order valence-corrected chi connectivity index (χ0v) is 14.6. The lowest BCUT2D eigenvalue weighted by atomic mass is 10.1. The van der Waals surface area contributed by atoms with Gasteiger partial charge in [0.1, 0.15) is 11.5 Å². The fourth-order valence-electron chi connectivity index (χ4n) is 2.35. The van der Waals surface area contributed by atoms with E-state index in [1.54, 1.807) is 38.6 Å². The van der Waals surface area contributed by atoms with Gasteiger partial charge in [-0.15, -0.1) is 5.92 Å². The van der Waals surface area contributed by atoms with E-state index < -0.39 is 0 Å². The van der Waals surface area contributed by atoms with Crippen LogP contribution in [0.3, 0.4) is 0 Å². The Morgan fingerprint density at radius 1 is 0.962 bits per heavy atom. The van der Waals surface area contributed by atoms with Gasteiger partial charge >= 0.3 is 0 Å². The summed E-state index contributed by atoms with van der Waals surface area (Å²) >= 11 is 0. The number of ether oxygens (including phenoxy) is 3. The van der Waals surface area contributed by atoms with Crippen LogP contribution < -0.4 is 14.2 Å². The molecule has 0 atom stereocenters. The molecule has 0 saturated heterocycles. The first kappa shape index (κ1) is 17.3. The number of para-hydroxylation sites is 1. The van der Waals surface area contributed by atoms with Crippen LogP contribution in [0, 0.1) is 11.8 Å². The summed E-state index contributed by atoms with van der Waals surface area (Å²) in [6.07, 6.45) is 3.28. The van der Waals surface area contributed by atoms with Crippen molar-refractivity contribution in [2.75, 3.05) is 13.7 Å². The molecule has 0 aliphatic heterocycles. The molecule has 0 fully saturated rings. The van der Waals surface area contributed by atoms with E-state index in [0.29, 0.717) is 24.1 Å². The number of nitrogens with zero attached hydrogens (tertiary/aromatic N) is 2. The Bertz CT molecular complexity index is 928. The monoisotopic (exact) mass is 346 g/mol. The van der Waals surface area contributed by atoms with Crippen molar-refractivity contribution in [1.82, 2.24) is 9.97 Å². The van der Waals surface area contributed by atoms with Crippen molar-refractivity contribution in [2.24, 2.45) is 0 Å². The Hall–Kier alpha value is -3.52. The average Bonchev–Trinajstić information content (AvgIpc) is 2.70. The van der Waals surface area contributed by atoms with Crippen LogP contribution in [-0.4, -0.2) is 23.7 Å². The SMILES string of the molecule is CC#CCOc1ccc(Oc2ncccc2-c2ccccc2OC)cn1. The topological polar surface area (TPSA) is 53.5 Å². The molecule has 3 aromatic rings. The summed E-state index contributed by atoms with van der Waals surface area (Å²) in [7, 11) is 1.64. The lowest BCUT2D eigenvalue weighted by molar-refractivity contribution is 0.353. The molecule has 3 rings (SSSR count). The van der Waals surface area contributed by atoms with Crippen molar-refractivity contribution in [3.8, 4) is 46.2 Å². The van der Waals surface area contributed by atoms with Gasteiger partial charge in [0.05, 0.1) is 13.3 Å². The Morgan fingerprint density at radius 2 is 1.81 bits per heavy atom. The summed E-state index contributed by atoms with van der Waals surface area (Å²) in [6.45, 7) is 2.07. The summed E-state index contributed by atoms with van der Waals surface area (Å²) in [5.74, 6) is 7.88. The maximum atomic E-state index is 5.93. The molecular formula is C21H18N2O3. The van der Waals surface area contributed by atoms with E-state index in [4.69, 9.17) is 14.2 Å². The molecule has 0 radical (unpaired) electrons. The minimum atomic E-state index is 0.307. The molecule has 26 heavy (non-hydrogen) atoms. The van der Waals surface area contributed by atoms with Gasteiger partial charge in [-0.1, -0.05) is 24.1 Å². The average molecular weight is 346 g/mol. The summed E-state index contributed by atoms with van der Waals surface area (Å²) in [5.41, 5.74) is 1.74. The van der Waals surface area contributed by atoms with Crippen LogP contribution in [0.5, 0.6) is 23.3 Å². The van der Waals surface area contributed by atoms with E-state index in [2.05, 4.69) is 21.8 Å². The number of aromatic nitrogens is 2. The second kappa shape index (κ2) is 8.54. The molecular weight excluding hydrogens is 328 g/mol. The lowest BCUT2D eigenvalue weighted by Crippen LogP contribution is -1.97. The van der Waals surface area contributed by atoms with Crippen LogP contribution >= 0.6 is 0 Å². The van der Waals surface area contributed by atoms with Gasteiger partial charge in [-0.2, -0.15) is 0 Å². The first-order valence-electron chi connectivity index (χ1n) is 8.06. The number of benzene rings is 1. The summed E-state index contributed by atoms with van der Waals surface area (Å²) in [5, 5.41) is 0. The third-order valence-electron chi connectivity index (χ3n) is 3.56. The Balaban J connectivity index is 1.83. The third kappa shape index (κ3) is 4.11. The van der Waals surface area contributed by atoms with E-state index in [9.17, 15) is 0 Å². The molecule has 0 spiro atoms. The van der Waals surface area contributed by atoms with Crippen LogP contribution in [-0.2, 0) is 0 Å². The van der Waals surface area contributed by atoms with Gasteiger partial charge in [0.25, 0.3) is 0 Å². The normalized spacial score (nSPS) is 9.77. The van der Waals surface area contributed by atoms with Crippen molar-refractivity contribution in [3.63, 3.8) is 0 Å². The first-order chi connectivity index (χ1) is 12.8. The maximum absolute atomic E-state index is 5.93. The van der Waals surface area contributed by atoms with Crippen LogP contribution in [0.15, 0.2) is 60.9 Å². The standard InChI is InChI=1S/C21H18N2O3/c1-3-4-14-25-20-12-11-16(15-23-20)26-21-18(9-7-13-22-21)17-8-5-6-10-19(17)24-2/h5-13,15H,14H2,1-2H3. The van der Waals surface area contributed by atoms with Gasteiger partial charge in [-0.3, -0.25) is 0 Å². The predicted octanol–water partition coefficient (Wildman–Crippen LogP) is 4.35. The highest BCUT2D eigenvalue weighted by Crippen LogP contribution is 2.36. The minimum absolute atomic E-state index is 0.307. The highest BCUT2D eigenvalue weighted by atomic mass is 16.5. The van der Waals surface area contributed by atoms with Crippen molar-refractivity contribution in [2.45, 2.75) is 6.92 Å². The molecule has 2 aromatic heterocycles. The number of hydrogen-bond acceptors (Lipinski definition) is 5. The van der Waals surface area contributed by atoms with E-state index in [1.807, 2.05) is 36.4 Å². The number of pyridine rings is 2.